The molecule has 8 rings (SSSR count). The highest BCUT2D eigenvalue weighted by atomic mass is 35.5. The van der Waals surface area contributed by atoms with Crippen molar-refractivity contribution in [2.45, 2.75) is 60.7 Å². The SMILES string of the molecule is COC1(c2ccc(/C=C/C(=O)CO)c(OCc3ccc(CS(=O)(=O)c4ccc([N+](=O)[O-])cc4[N+](=O)[O-])cc3)c2Cl)OOC12C1CC3CC(C1)CC2C3. The van der Waals surface area contributed by atoms with E-state index in [2.05, 4.69) is 0 Å². The van der Waals surface area contributed by atoms with E-state index in [1.54, 1.807) is 31.4 Å². The first kappa shape index (κ1) is 36.1. The Hall–Kier alpha value is -4.25. The molecule has 0 amide bonds. The maximum atomic E-state index is 13.2. The molecular weight excluding hydrogens is 720 g/mol. The fourth-order valence-electron chi connectivity index (χ4n) is 8.88. The number of aliphatic hydroxyl groups is 1. The van der Waals surface area contributed by atoms with Crippen LogP contribution >= 0.6 is 11.6 Å². The molecule has 1 atom stereocenters. The molecule has 4 saturated carbocycles. The van der Waals surface area contributed by atoms with Crippen LogP contribution in [0.5, 0.6) is 5.75 Å². The first-order chi connectivity index (χ1) is 24.8. The number of hydrogen-bond donors (Lipinski definition) is 1. The topological polar surface area (TPSA) is 195 Å². The van der Waals surface area contributed by atoms with Gasteiger partial charge in [0.05, 0.1) is 26.7 Å². The summed E-state index contributed by atoms with van der Waals surface area (Å²) in [6.07, 6.45) is 8.05. The van der Waals surface area contributed by atoms with Crippen molar-refractivity contribution in [1.82, 2.24) is 0 Å². The summed E-state index contributed by atoms with van der Waals surface area (Å²) in [5, 5.41) is 32.1. The molecule has 4 aliphatic carbocycles. The van der Waals surface area contributed by atoms with Gasteiger partial charge in [-0.25, -0.2) is 13.3 Å². The fourth-order valence-corrected chi connectivity index (χ4v) is 10.7. The van der Waals surface area contributed by atoms with Gasteiger partial charge in [0, 0.05) is 24.3 Å². The Balaban J connectivity index is 1.15. The molecule has 0 aromatic heterocycles. The molecule has 14 nitrogen and oxygen atoms in total. The summed E-state index contributed by atoms with van der Waals surface area (Å²) < 4.78 is 38.9. The molecule has 5 fully saturated rings. The van der Waals surface area contributed by atoms with E-state index in [1.807, 2.05) is 0 Å². The number of aliphatic hydroxyl groups excluding tert-OH is 1. The van der Waals surface area contributed by atoms with Crippen LogP contribution in [0.1, 0.15) is 54.4 Å². The van der Waals surface area contributed by atoms with Crippen molar-refractivity contribution >= 4 is 44.7 Å². The van der Waals surface area contributed by atoms with Gasteiger partial charge in [0.15, 0.2) is 21.2 Å². The van der Waals surface area contributed by atoms with Crippen molar-refractivity contribution in [1.29, 1.82) is 0 Å². The van der Waals surface area contributed by atoms with Crippen LogP contribution < -0.4 is 4.74 Å². The van der Waals surface area contributed by atoms with Crippen molar-refractivity contribution < 1.29 is 47.4 Å². The second-order valence-corrected chi connectivity index (χ2v) is 16.3. The van der Waals surface area contributed by atoms with Gasteiger partial charge in [-0.2, -0.15) is 4.89 Å². The predicted octanol–water partition coefficient (Wildman–Crippen LogP) is 6.24. The predicted molar refractivity (Wildman–Crippen MR) is 185 cm³/mol. The highest BCUT2D eigenvalue weighted by Crippen LogP contribution is 2.70. The maximum Gasteiger partial charge on any atom is 0.294 e. The number of hydrogen-bond acceptors (Lipinski definition) is 12. The van der Waals surface area contributed by atoms with Crippen molar-refractivity contribution in [2.75, 3.05) is 13.7 Å². The molecule has 0 radical (unpaired) electrons. The molecule has 1 saturated heterocycles. The number of nitrogens with zero attached hydrogens (tertiary/aromatic N) is 2. The fraction of sp³-hybridized carbons (Fsp3) is 0.417. The maximum absolute atomic E-state index is 13.2. The average molecular weight is 755 g/mol. The number of halogens is 1. The summed E-state index contributed by atoms with van der Waals surface area (Å²) in [6, 6.07) is 12.2. The van der Waals surface area contributed by atoms with E-state index in [9.17, 15) is 38.5 Å². The third-order valence-corrected chi connectivity index (χ3v) is 13.1. The molecule has 1 aliphatic heterocycles. The molecule has 1 unspecified atom stereocenters. The molecule has 274 valence electrons. The summed E-state index contributed by atoms with van der Waals surface area (Å²) in [5.74, 6) is -0.408. The Morgan fingerprint density at radius 3 is 2.17 bits per heavy atom. The summed E-state index contributed by atoms with van der Waals surface area (Å²) in [7, 11) is -2.69. The number of carbonyl (C=O) groups is 1. The third-order valence-electron chi connectivity index (χ3n) is 11.0. The average Bonchev–Trinajstić information content (AvgIpc) is 3.10. The second-order valence-electron chi connectivity index (χ2n) is 13.9. The van der Waals surface area contributed by atoms with Crippen LogP contribution in [-0.2, 0) is 47.3 Å². The van der Waals surface area contributed by atoms with Crippen molar-refractivity contribution in [3.05, 3.63) is 108 Å². The summed E-state index contributed by atoms with van der Waals surface area (Å²) in [6.45, 7) is -0.709. The van der Waals surface area contributed by atoms with E-state index in [4.69, 9.17) is 30.8 Å². The van der Waals surface area contributed by atoms with Crippen molar-refractivity contribution in [2.24, 2.45) is 23.7 Å². The van der Waals surface area contributed by atoms with E-state index in [0.29, 0.717) is 40.2 Å². The van der Waals surface area contributed by atoms with Crippen LogP contribution in [0.4, 0.5) is 11.4 Å². The van der Waals surface area contributed by atoms with Gasteiger partial charge in [-0.3, -0.25) is 25.0 Å². The number of sulfone groups is 1. The largest absolute Gasteiger partial charge is 0.487 e. The number of non-ortho nitro benzene ring substituents is 1. The Labute approximate surface area is 303 Å². The molecule has 4 bridgehead atoms. The highest BCUT2D eigenvalue weighted by molar-refractivity contribution is 7.90. The van der Waals surface area contributed by atoms with E-state index in [0.717, 1.165) is 37.8 Å². The van der Waals surface area contributed by atoms with Gasteiger partial charge in [0.25, 0.3) is 17.2 Å². The monoisotopic (exact) mass is 754 g/mol. The lowest BCUT2D eigenvalue weighted by atomic mass is 9.47. The van der Waals surface area contributed by atoms with Crippen LogP contribution in [0.15, 0.2) is 65.6 Å². The Kier molecular flexibility index (Phi) is 9.46. The van der Waals surface area contributed by atoms with Gasteiger partial charge in [-0.15, -0.1) is 0 Å². The van der Waals surface area contributed by atoms with E-state index in [-0.39, 0.29) is 29.2 Å². The van der Waals surface area contributed by atoms with Gasteiger partial charge >= 0.3 is 0 Å². The van der Waals surface area contributed by atoms with Gasteiger partial charge in [0.1, 0.15) is 23.9 Å². The summed E-state index contributed by atoms with van der Waals surface area (Å²) in [4.78, 5) is 44.2. The zero-order valence-corrected chi connectivity index (χ0v) is 29.5. The van der Waals surface area contributed by atoms with Gasteiger partial charge in [-0.1, -0.05) is 48.0 Å². The first-order valence-corrected chi connectivity index (χ1v) is 18.8. The molecule has 3 aromatic carbocycles. The van der Waals surface area contributed by atoms with Crippen LogP contribution in [0.3, 0.4) is 0 Å². The Bertz CT molecular complexity index is 2050. The molecule has 1 spiro atoms. The van der Waals surface area contributed by atoms with E-state index >= 15 is 0 Å². The number of methoxy groups -OCH3 is 1. The van der Waals surface area contributed by atoms with Gasteiger partial charge < -0.3 is 14.6 Å². The Morgan fingerprint density at radius 2 is 1.62 bits per heavy atom. The van der Waals surface area contributed by atoms with Crippen molar-refractivity contribution in [3.63, 3.8) is 0 Å². The first-order valence-electron chi connectivity index (χ1n) is 16.7. The van der Waals surface area contributed by atoms with Crippen LogP contribution in [-0.4, -0.2) is 48.5 Å². The molecule has 1 N–H and O–H groups in total. The molecule has 1 heterocycles. The molecule has 5 aliphatic rings. The smallest absolute Gasteiger partial charge is 0.294 e. The number of nitro groups is 2. The number of ether oxygens (including phenoxy) is 2. The number of rotatable bonds is 13. The number of nitro benzene ring substituents is 2. The summed E-state index contributed by atoms with van der Waals surface area (Å²) in [5.41, 5.74) is -0.291. The lowest BCUT2D eigenvalue weighted by Gasteiger charge is -2.68. The van der Waals surface area contributed by atoms with Gasteiger partial charge in [-0.05, 0) is 85.1 Å². The van der Waals surface area contributed by atoms with E-state index in [1.165, 1.54) is 30.7 Å². The molecule has 3 aromatic rings. The minimum absolute atomic E-state index is 0.0318. The van der Waals surface area contributed by atoms with Crippen LogP contribution in [0.25, 0.3) is 6.08 Å². The second kappa shape index (κ2) is 13.6. The number of ketones is 1. The quantitative estimate of drug-likeness (QED) is 0.0895. The van der Waals surface area contributed by atoms with E-state index < -0.39 is 65.5 Å². The lowest BCUT2D eigenvalue weighted by Crippen LogP contribution is -2.76. The lowest BCUT2D eigenvalue weighted by molar-refractivity contribution is -0.645. The van der Waals surface area contributed by atoms with Crippen LogP contribution in [0, 0.1) is 43.9 Å². The third kappa shape index (κ3) is 5.98. The Morgan fingerprint density at radius 1 is 0.962 bits per heavy atom. The zero-order chi connectivity index (χ0) is 37.0. The molecule has 16 heteroatoms. The standard InChI is InChI=1S/C36H35ClN2O12S/c1-48-36(35(50-51-36)26-13-23-12-24(15-26)16-27(35)14-23)30-10-7-25(6-9-29(41)18-40)34(33(30)37)49-19-21-2-4-22(5-3-21)20-52(46,47)32-11-8-28(38(42)43)17-31(32)39(44)45/h2-11,17,23-24,26-27,40H,12-16,18-20H2,1H3/b9-6+. The minimum Gasteiger partial charge on any atom is -0.487 e. The number of carbonyl (C=O) groups excluding carboxylic acids is 1. The molecule has 52 heavy (non-hydrogen) atoms. The van der Waals surface area contributed by atoms with Gasteiger partial charge in [0.2, 0.25) is 0 Å². The highest BCUT2D eigenvalue weighted by Gasteiger charge is 2.77. The zero-order valence-electron chi connectivity index (χ0n) is 27.9. The number of benzene rings is 3. The minimum atomic E-state index is -4.26. The van der Waals surface area contributed by atoms with Crippen LogP contribution in [0.2, 0.25) is 5.02 Å². The normalized spacial score (nSPS) is 27.5. The summed E-state index contributed by atoms with van der Waals surface area (Å²) >= 11 is 7.16. The molecular formula is C36H35ClN2O12S. The van der Waals surface area contributed by atoms with Crippen molar-refractivity contribution in [3.8, 4) is 5.75 Å².